The molecule has 2 aromatic rings. The van der Waals surface area contributed by atoms with Crippen LogP contribution in [0.2, 0.25) is 0 Å². The van der Waals surface area contributed by atoms with Crippen LogP contribution in [0.25, 0.3) is 0 Å². The van der Waals surface area contributed by atoms with Crippen molar-refractivity contribution in [3.8, 4) is 0 Å². The number of carbonyl (C=O) groups excluding carboxylic acids is 2. The Kier molecular flexibility index (Phi) is 4.93. The second-order valence-electron chi connectivity index (χ2n) is 6.74. The number of Topliss-reactive ketones (excluding diaryl/α,β-unsaturated/α-hetero) is 1. The molecule has 1 N–H and O–H groups in total. The van der Waals surface area contributed by atoms with Crippen molar-refractivity contribution in [3.05, 3.63) is 71.8 Å². The average Bonchev–Trinajstić information content (AvgIpc) is 2.69. The molecule has 0 radical (unpaired) electrons. The summed E-state index contributed by atoms with van der Waals surface area (Å²) in [6, 6.07) is 13.0. The van der Waals surface area contributed by atoms with Crippen molar-refractivity contribution >= 4 is 11.8 Å². The van der Waals surface area contributed by atoms with Crippen molar-refractivity contribution in [1.82, 2.24) is 9.80 Å². The van der Waals surface area contributed by atoms with E-state index in [4.69, 9.17) is 0 Å². The number of ketones is 1. The lowest BCUT2D eigenvalue weighted by Gasteiger charge is -2.53. The maximum Gasteiger partial charge on any atom is 0.437 e. The van der Waals surface area contributed by atoms with Crippen LogP contribution in [0.4, 0.5) is 18.0 Å². The molecule has 0 saturated carbocycles. The summed E-state index contributed by atoms with van der Waals surface area (Å²) < 4.78 is 42.2. The molecule has 28 heavy (non-hydrogen) atoms. The van der Waals surface area contributed by atoms with Gasteiger partial charge in [0.15, 0.2) is 5.78 Å². The summed E-state index contributed by atoms with van der Waals surface area (Å²) in [6.07, 6.45) is -5.25. The Labute approximate surface area is 160 Å². The Morgan fingerprint density at radius 3 is 2.00 bits per heavy atom. The number of halogens is 3. The predicted octanol–water partition coefficient (Wildman–Crippen LogP) is 3.47. The number of rotatable bonds is 3. The fraction of sp³-hybridized carbons (Fsp3) is 0.300. The van der Waals surface area contributed by atoms with Crippen LogP contribution in [0.3, 0.4) is 0 Å². The van der Waals surface area contributed by atoms with Gasteiger partial charge in [-0.25, -0.2) is 4.79 Å². The van der Waals surface area contributed by atoms with Gasteiger partial charge < -0.3 is 10.0 Å². The topological polar surface area (TPSA) is 60.9 Å². The van der Waals surface area contributed by atoms with E-state index in [-0.39, 0.29) is 10.5 Å². The van der Waals surface area contributed by atoms with Crippen molar-refractivity contribution in [1.29, 1.82) is 0 Å². The Bertz CT molecular complexity index is 873. The Balaban J connectivity index is 2.26. The molecule has 5 nitrogen and oxygen atoms in total. The number of nitrogens with zero attached hydrogens (tertiary/aromatic N) is 2. The van der Waals surface area contributed by atoms with Crippen LogP contribution < -0.4 is 0 Å². The number of amides is 2. The monoisotopic (exact) mass is 392 g/mol. The van der Waals surface area contributed by atoms with Crippen molar-refractivity contribution in [3.63, 3.8) is 0 Å². The van der Waals surface area contributed by atoms with Gasteiger partial charge in [-0.15, -0.1) is 0 Å². The zero-order valence-corrected chi connectivity index (χ0v) is 15.2. The molecule has 0 aliphatic carbocycles. The van der Waals surface area contributed by atoms with Gasteiger partial charge in [-0.05, 0) is 5.56 Å². The van der Waals surface area contributed by atoms with E-state index < -0.39 is 35.7 Å². The third kappa shape index (κ3) is 2.93. The van der Waals surface area contributed by atoms with Crippen molar-refractivity contribution in [2.45, 2.75) is 17.9 Å². The quantitative estimate of drug-likeness (QED) is 0.814. The number of aliphatic hydroxyl groups is 1. The fourth-order valence-corrected chi connectivity index (χ4v) is 3.69. The number of carbonyl (C=O) groups is 2. The van der Waals surface area contributed by atoms with Gasteiger partial charge in [0.2, 0.25) is 0 Å². The van der Waals surface area contributed by atoms with Crippen LogP contribution in [0.15, 0.2) is 60.7 Å². The first-order valence-electron chi connectivity index (χ1n) is 8.54. The first kappa shape index (κ1) is 19.9. The summed E-state index contributed by atoms with van der Waals surface area (Å²) in [5.41, 5.74) is -3.32. The van der Waals surface area contributed by atoms with E-state index in [0.717, 1.165) is 11.9 Å². The smallest absolute Gasteiger partial charge is 0.363 e. The second-order valence-corrected chi connectivity index (χ2v) is 6.74. The Morgan fingerprint density at radius 2 is 1.50 bits per heavy atom. The molecule has 0 bridgehead atoms. The molecule has 8 heteroatoms. The molecule has 3 rings (SSSR count). The lowest BCUT2D eigenvalue weighted by molar-refractivity contribution is -0.328. The molecule has 1 heterocycles. The summed E-state index contributed by atoms with van der Waals surface area (Å²) in [5, 5.41) is 10.8. The third-order valence-electron chi connectivity index (χ3n) is 5.17. The van der Waals surface area contributed by atoms with Gasteiger partial charge in [-0.3, -0.25) is 9.69 Å². The normalized spacial score (nSPS) is 25.7. The van der Waals surface area contributed by atoms with E-state index in [1.54, 1.807) is 24.3 Å². The van der Waals surface area contributed by atoms with Crippen molar-refractivity contribution in [2.75, 3.05) is 14.1 Å². The highest BCUT2D eigenvalue weighted by molar-refractivity contribution is 6.00. The van der Waals surface area contributed by atoms with E-state index in [0.29, 0.717) is 5.56 Å². The van der Waals surface area contributed by atoms with Gasteiger partial charge in [-0.2, -0.15) is 13.2 Å². The molecule has 0 aromatic heterocycles. The summed E-state index contributed by atoms with van der Waals surface area (Å²) in [5.74, 6) is -2.88. The van der Waals surface area contributed by atoms with Gasteiger partial charge in [0.1, 0.15) is 5.92 Å². The second kappa shape index (κ2) is 6.94. The van der Waals surface area contributed by atoms with Gasteiger partial charge in [0, 0.05) is 19.7 Å². The highest BCUT2D eigenvalue weighted by Crippen LogP contribution is 2.50. The summed E-state index contributed by atoms with van der Waals surface area (Å²) in [4.78, 5) is 27.0. The number of urea groups is 1. The summed E-state index contributed by atoms with van der Waals surface area (Å²) in [7, 11) is 2.16. The molecule has 2 amide bonds. The summed E-state index contributed by atoms with van der Waals surface area (Å²) in [6.45, 7) is 0. The number of benzene rings is 2. The highest BCUT2D eigenvalue weighted by atomic mass is 19.4. The van der Waals surface area contributed by atoms with Crippen LogP contribution in [-0.2, 0) is 0 Å². The summed E-state index contributed by atoms with van der Waals surface area (Å²) >= 11 is 0. The zero-order chi connectivity index (χ0) is 20.7. The van der Waals surface area contributed by atoms with Crippen LogP contribution in [0.1, 0.15) is 22.0 Å². The minimum Gasteiger partial charge on any atom is -0.363 e. The first-order chi connectivity index (χ1) is 13.1. The fourth-order valence-electron chi connectivity index (χ4n) is 3.69. The van der Waals surface area contributed by atoms with Crippen LogP contribution in [-0.4, -0.2) is 52.7 Å². The van der Waals surface area contributed by atoms with Gasteiger partial charge in [-0.1, -0.05) is 60.7 Å². The average molecular weight is 392 g/mol. The highest BCUT2D eigenvalue weighted by Gasteiger charge is 2.70. The zero-order valence-electron chi connectivity index (χ0n) is 15.2. The van der Waals surface area contributed by atoms with Crippen LogP contribution >= 0.6 is 0 Å². The van der Waals surface area contributed by atoms with E-state index in [2.05, 4.69) is 0 Å². The molecular formula is C20H19F3N2O3. The molecule has 0 spiro atoms. The Hall–Kier alpha value is -2.87. The van der Waals surface area contributed by atoms with E-state index >= 15 is 0 Å². The molecule has 2 aromatic carbocycles. The molecule has 1 fully saturated rings. The SMILES string of the molecule is CN1C(=O)N(C)[C@](O)(C(F)(F)F)[C@@H](C(=O)c2ccccc2)[C@H]1c1ccccc1. The third-order valence-corrected chi connectivity index (χ3v) is 5.17. The molecule has 1 aliphatic rings. The van der Waals surface area contributed by atoms with Crippen molar-refractivity contribution < 1.29 is 27.9 Å². The number of hydrogen-bond acceptors (Lipinski definition) is 3. The van der Waals surface area contributed by atoms with Crippen LogP contribution in [0.5, 0.6) is 0 Å². The standard InChI is InChI=1S/C20H19F3N2O3/c1-24-16(13-9-5-3-6-10-13)15(17(26)14-11-7-4-8-12-14)19(28,20(21,22)23)25(2)18(24)27/h3-12,15-16,28H,1-2H3/t15-,16-,19-/m1/s1. The largest absolute Gasteiger partial charge is 0.437 e. The van der Waals surface area contributed by atoms with Crippen LogP contribution in [0, 0.1) is 5.92 Å². The number of alkyl halides is 3. The Morgan fingerprint density at radius 1 is 1.00 bits per heavy atom. The predicted molar refractivity (Wildman–Crippen MR) is 95.4 cm³/mol. The lowest BCUT2D eigenvalue weighted by Crippen LogP contribution is -2.73. The van der Waals surface area contributed by atoms with Gasteiger partial charge >= 0.3 is 12.2 Å². The van der Waals surface area contributed by atoms with Crippen molar-refractivity contribution in [2.24, 2.45) is 5.92 Å². The molecule has 0 unspecified atom stereocenters. The minimum atomic E-state index is -5.25. The molecule has 1 aliphatic heterocycles. The molecule has 148 valence electrons. The molecule has 3 atom stereocenters. The minimum absolute atomic E-state index is 0.0206. The maximum absolute atomic E-state index is 14.1. The molecule has 1 saturated heterocycles. The lowest BCUT2D eigenvalue weighted by atomic mass is 9.76. The first-order valence-corrected chi connectivity index (χ1v) is 8.54. The van der Waals surface area contributed by atoms with E-state index in [1.807, 2.05) is 0 Å². The number of hydrogen-bond donors (Lipinski definition) is 1. The van der Waals surface area contributed by atoms with Gasteiger partial charge in [0.05, 0.1) is 6.04 Å². The van der Waals surface area contributed by atoms with E-state index in [1.165, 1.54) is 43.4 Å². The van der Waals surface area contributed by atoms with Gasteiger partial charge in [0.25, 0.3) is 5.72 Å². The maximum atomic E-state index is 14.1. The van der Waals surface area contributed by atoms with E-state index in [9.17, 15) is 27.9 Å². The molecular weight excluding hydrogens is 373 g/mol.